The molecule has 1 aliphatic heterocycles. The molecule has 2 heterocycles. The number of hydrogen-bond acceptors (Lipinski definition) is 6. The Labute approximate surface area is 164 Å². The number of benzene rings is 1. The summed E-state index contributed by atoms with van der Waals surface area (Å²) < 4.78 is 10.6. The Kier molecular flexibility index (Phi) is 6.33. The minimum Gasteiger partial charge on any atom is -0.493 e. The predicted octanol–water partition coefficient (Wildman–Crippen LogP) is 2.62. The first-order valence-electron chi connectivity index (χ1n) is 9.27. The lowest BCUT2D eigenvalue weighted by molar-refractivity contribution is 0.0941. The first-order valence-corrected chi connectivity index (χ1v) is 9.27. The highest BCUT2D eigenvalue weighted by Crippen LogP contribution is 2.30. The number of methoxy groups -OCH3 is 2. The molecule has 0 spiro atoms. The molecule has 0 saturated carbocycles. The van der Waals surface area contributed by atoms with Crippen LogP contribution < -0.4 is 19.7 Å². The maximum absolute atomic E-state index is 12.6. The van der Waals surface area contributed by atoms with E-state index < -0.39 is 0 Å². The van der Waals surface area contributed by atoms with E-state index in [1.54, 1.807) is 43.6 Å². The zero-order valence-electron chi connectivity index (χ0n) is 16.1. The number of carbonyl (C=O) groups is 1. The topological polar surface area (TPSA) is 87.5 Å². The molecule has 3 rings (SSSR count). The van der Waals surface area contributed by atoms with Crippen LogP contribution in [0.2, 0.25) is 0 Å². The van der Waals surface area contributed by atoms with Gasteiger partial charge >= 0.3 is 0 Å². The molecule has 0 radical (unpaired) electrons. The van der Waals surface area contributed by atoms with Crippen LogP contribution in [0.5, 0.6) is 11.5 Å². The van der Waals surface area contributed by atoms with Gasteiger partial charge in [-0.2, -0.15) is 5.26 Å². The van der Waals surface area contributed by atoms with Crippen LogP contribution >= 0.6 is 0 Å². The van der Waals surface area contributed by atoms with Crippen molar-refractivity contribution in [1.82, 2.24) is 10.3 Å². The second-order valence-electron chi connectivity index (χ2n) is 6.67. The van der Waals surface area contributed by atoms with Gasteiger partial charge in [-0.05, 0) is 43.0 Å². The van der Waals surface area contributed by atoms with E-state index in [2.05, 4.69) is 21.3 Å². The van der Waals surface area contributed by atoms with E-state index in [1.165, 1.54) is 7.11 Å². The molecule has 1 N–H and O–H groups in total. The van der Waals surface area contributed by atoms with Crippen molar-refractivity contribution in [3.8, 4) is 17.6 Å². The average Bonchev–Trinajstić information content (AvgIpc) is 2.77. The maximum Gasteiger partial charge on any atom is 0.255 e. The molecule has 0 bridgehead atoms. The molecule has 0 unspecified atom stereocenters. The zero-order valence-corrected chi connectivity index (χ0v) is 16.1. The van der Waals surface area contributed by atoms with Gasteiger partial charge in [0.2, 0.25) is 0 Å². The molecular formula is C21H24N4O3. The van der Waals surface area contributed by atoms with Gasteiger partial charge in [0.15, 0.2) is 11.5 Å². The van der Waals surface area contributed by atoms with Crippen molar-refractivity contribution >= 4 is 11.7 Å². The van der Waals surface area contributed by atoms with Gasteiger partial charge in [-0.25, -0.2) is 4.98 Å². The molecule has 0 aliphatic carbocycles. The average molecular weight is 380 g/mol. The maximum atomic E-state index is 12.6. The molecule has 2 aromatic rings. The van der Waals surface area contributed by atoms with E-state index in [4.69, 9.17) is 9.47 Å². The third-order valence-corrected chi connectivity index (χ3v) is 5.02. The number of aromatic nitrogens is 1. The van der Waals surface area contributed by atoms with Crippen LogP contribution in [0.4, 0.5) is 5.82 Å². The van der Waals surface area contributed by atoms with Gasteiger partial charge in [-0.3, -0.25) is 4.79 Å². The van der Waals surface area contributed by atoms with Gasteiger partial charge in [0.05, 0.1) is 25.3 Å². The number of hydrogen-bond donors (Lipinski definition) is 1. The van der Waals surface area contributed by atoms with Crippen molar-refractivity contribution in [3.05, 3.63) is 47.7 Å². The predicted molar refractivity (Wildman–Crippen MR) is 106 cm³/mol. The lowest BCUT2D eigenvalue weighted by atomic mass is 9.96. The van der Waals surface area contributed by atoms with Gasteiger partial charge in [-0.15, -0.1) is 0 Å². The highest BCUT2D eigenvalue weighted by atomic mass is 16.5. The largest absolute Gasteiger partial charge is 0.493 e. The Bertz CT molecular complexity index is 870. The van der Waals surface area contributed by atoms with E-state index in [0.29, 0.717) is 35.1 Å². The van der Waals surface area contributed by atoms with E-state index in [-0.39, 0.29) is 5.91 Å². The Hall–Kier alpha value is -3.27. The Morgan fingerprint density at radius 2 is 2.04 bits per heavy atom. The van der Waals surface area contributed by atoms with E-state index in [0.717, 1.165) is 31.7 Å². The number of nitrogens with zero attached hydrogens (tertiary/aromatic N) is 3. The first-order chi connectivity index (χ1) is 13.7. The fourth-order valence-electron chi connectivity index (χ4n) is 3.48. The van der Waals surface area contributed by atoms with Crippen LogP contribution in [0.15, 0.2) is 36.5 Å². The summed E-state index contributed by atoms with van der Waals surface area (Å²) in [6.07, 6.45) is 3.57. The van der Waals surface area contributed by atoms with Gasteiger partial charge < -0.3 is 19.7 Å². The quantitative estimate of drug-likeness (QED) is 0.829. The lowest BCUT2D eigenvalue weighted by Gasteiger charge is -2.33. The highest BCUT2D eigenvalue weighted by molar-refractivity contribution is 5.97. The number of nitrogens with one attached hydrogen (secondary N) is 1. The minimum absolute atomic E-state index is 0.172. The van der Waals surface area contributed by atoms with Crippen LogP contribution in [-0.2, 0) is 0 Å². The summed E-state index contributed by atoms with van der Waals surface area (Å²) in [4.78, 5) is 19.1. The van der Waals surface area contributed by atoms with Gasteiger partial charge in [0.1, 0.15) is 11.9 Å². The van der Waals surface area contributed by atoms with Gasteiger partial charge in [0, 0.05) is 25.8 Å². The Morgan fingerprint density at radius 3 is 2.71 bits per heavy atom. The van der Waals surface area contributed by atoms with Gasteiger partial charge in [0.25, 0.3) is 5.91 Å². The van der Waals surface area contributed by atoms with Crippen molar-refractivity contribution in [2.24, 2.45) is 5.92 Å². The van der Waals surface area contributed by atoms with Crippen molar-refractivity contribution in [1.29, 1.82) is 5.26 Å². The molecule has 146 valence electrons. The summed E-state index contributed by atoms with van der Waals surface area (Å²) in [7, 11) is 3.07. The number of para-hydroxylation sites is 1. The van der Waals surface area contributed by atoms with Crippen molar-refractivity contribution in [3.63, 3.8) is 0 Å². The van der Waals surface area contributed by atoms with Crippen molar-refractivity contribution < 1.29 is 14.3 Å². The normalized spacial score (nSPS) is 14.2. The van der Waals surface area contributed by atoms with Crippen LogP contribution in [0.1, 0.15) is 28.8 Å². The number of amides is 1. The summed E-state index contributed by atoms with van der Waals surface area (Å²) >= 11 is 0. The summed E-state index contributed by atoms with van der Waals surface area (Å²) in [5.41, 5.74) is 1.06. The summed E-state index contributed by atoms with van der Waals surface area (Å²) in [6.45, 7) is 2.23. The zero-order chi connectivity index (χ0) is 19.9. The molecule has 0 atom stereocenters. The van der Waals surface area contributed by atoms with Gasteiger partial charge in [-0.1, -0.05) is 6.07 Å². The van der Waals surface area contributed by atoms with E-state index in [1.807, 2.05) is 0 Å². The number of piperidine rings is 1. The van der Waals surface area contributed by atoms with Crippen LogP contribution in [0.3, 0.4) is 0 Å². The second kappa shape index (κ2) is 9.09. The fourth-order valence-corrected chi connectivity index (χ4v) is 3.48. The number of carbonyl (C=O) groups excluding carboxylic acids is 1. The molecule has 28 heavy (non-hydrogen) atoms. The summed E-state index contributed by atoms with van der Waals surface area (Å²) in [5, 5.41) is 12.3. The number of rotatable bonds is 6. The molecule has 1 amide bonds. The van der Waals surface area contributed by atoms with E-state index in [9.17, 15) is 10.1 Å². The van der Waals surface area contributed by atoms with Crippen LogP contribution in [-0.4, -0.2) is 44.7 Å². The first kappa shape index (κ1) is 19.5. The van der Waals surface area contributed by atoms with Crippen LogP contribution in [0.25, 0.3) is 0 Å². The molecule has 1 fully saturated rings. The number of anilines is 1. The third kappa shape index (κ3) is 4.17. The monoisotopic (exact) mass is 380 g/mol. The summed E-state index contributed by atoms with van der Waals surface area (Å²) in [6, 6.07) is 11.0. The highest BCUT2D eigenvalue weighted by Gasteiger charge is 2.23. The lowest BCUT2D eigenvalue weighted by Crippen LogP contribution is -2.39. The molecule has 1 saturated heterocycles. The van der Waals surface area contributed by atoms with Crippen LogP contribution in [0, 0.1) is 17.2 Å². The van der Waals surface area contributed by atoms with E-state index >= 15 is 0 Å². The number of pyridine rings is 1. The molecule has 1 aromatic heterocycles. The standard InChI is InChI=1S/C21H24N4O3/c1-27-18-7-3-6-17(19(18)28-2)21(26)24-14-15-8-11-25(12-9-15)20-16(13-22)5-4-10-23-20/h3-7,10,15H,8-9,11-12,14H2,1-2H3,(H,24,26). The molecule has 7 nitrogen and oxygen atoms in total. The SMILES string of the molecule is COc1cccc(C(=O)NCC2CCN(c3ncccc3C#N)CC2)c1OC. The minimum atomic E-state index is -0.172. The molecule has 1 aromatic carbocycles. The molecule has 7 heteroatoms. The van der Waals surface area contributed by atoms with Crippen molar-refractivity contribution in [2.75, 3.05) is 38.8 Å². The summed E-state index contributed by atoms with van der Waals surface area (Å²) in [5.74, 6) is 1.93. The second-order valence-corrected chi connectivity index (χ2v) is 6.67. The molecular weight excluding hydrogens is 356 g/mol. The Morgan fingerprint density at radius 1 is 1.25 bits per heavy atom. The van der Waals surface area contributed by atoms with Crippen molar-refractivity contribution in [2.45, 2.75) is 12.8 Å². The third-order valence-electron chi connectivity index (χ3n) is 5.02. The molecule has 1 aliphatic rings. The number of nitriles is 1. The Balaban J connectivity index is 1.56. The smallest absolute Gasteiger partial charge is 0.255 e. The fraction of sp³-hybridized carbons (Fsp3) is 0.381. The number of ether oxygens (including phenoxy) is 2.